The zero-order valence-corrected chi connectivity index (χ0v) is 25.4. The van der Waals surface area contributed by atoms with E-state index in [1.54, 1.807) is 0 Å². The van der Waals surface area contributed by atoms with Crippen molar-refractivity contribution in [3.63, 3.8) is 0 Å². The minimum Gasteiger partial charge on any atom is -0.458 e. The molecule has 3 fully saturated rings. The number of ketones is 1. The summed E-state index contributed by atoms with van der Waals surface area (Å²) in [6, 6.07) is 9.27. The predicted octanol–water partition coefficient (Wildman–Crippen LogP) is 9.07. The third-order valence-corrected chi connectivity index (χ3v) is 12.4. The molecule has 0 N–H and O–H groups in total. The van der Waals surface area contributed by atoms with Crippen LogP contribution in [0, 0.1) is 52.3 Å². The van der Waals surface area contributed by atoms with E-state index in [1.807, 2.05) is 36.4 Å². The van der Waals surface area contributed by atoms with E-state index in [0.717, 1.165) is 36.5 Å². The number of carbonyl (C=O) groups is 2. The zero-order valence-electron chi connectivity index (χ0n) is 25.4. The quantitative estimate of drug-likeness (QED) is 0.314. The normalized spacial score (nSPS) is 37.4. The Morgan fingerprint density at radius 2 is 1.72 bits per heavy atom. The van der Waals surface area contributed by atoms with E-state index in [0.29, 0.717) is 35.0 Å². The number of hydrogen-bond donors (Lipinski definition) is 0. The Hall–Kier alpha value is -1.90. The maximum absolute atomic E-state index is 13.9. The minimum atomic E-state index is -0.247. The van der Waals surface area contributed by atoms with Gasteiger partial charge in [0.1, 0.15) is 6.10 Å². The van der Waals surface area contributed by atoms with Gasteiger partial charge >= 0.3 is 5.97 Å². The first kappa shape index (κ1) is 28.6. The molecule has 0 saturated heterocycles. The van der Waals surface area contributed by atoms with Crippen molar-refractivity contribution in [3.05, 3.63) is 47.5 Å². The summed E-state index contributed by atoms with van der Waals surface area (Å²) in [5.41, 5.74) is 2.20. The number of esters is 1. The molecule has 1 aromatic rings. The number of rotatable bonds is 8. The molecule has 0 amide bonds. The minimum absolute atomic E-state index is 0.0604. The van der Waals surface area contributed by atoms with Gasteiger partial charge in [0.05, 0.1) is 5.56 Å². The smallest absolute Gasteiger partial charge is 0.338 e. The molecule has 3 saturated carbocycles. The molecule has 9 atom stereocenters. The molecule has 4 aliphatic rings. The van der Waals surface area contributed by atoms with Crippen molar-refractivity contribution in [2.75, 3.05) is 0 Å². The number of fused-ring (bicyclic) bond motifs is 5. The second kappa shape index (κ2) is 11.2. The van der Waals surface area contributed by atoms with Crippen LogP contribution in [0.5, 0.6) is 0 Å². The van der Waals surface area contributed by atoms with Crippen LogP contribution in [-0.2, 0) is 9.53 Å². The molecule has 4 aliphatic carbocycles. The molecule has 5 rings (SSSR count). The van der Waals surface area contributed by atoms with Crippen molar-refractivity contribution < 1.29 is 14.3 Å². The van der Waals surface area contributed by atoms with Crippen LogP contribution in [0.15, 0.2) is 42.0 Å². The van der Waals surface area contributed by atoms with E-state index in [4.69, 9.17) is 4.74 Å². The summed E-state index contributed by atoms with van der Waals surface area (Å²) in [6.45, 7) is 14.6. The van der Waals surface area contributed by atoms with Crippen LogP contribution in [0.3, 0.4) is 0 Å². The summed E-state index contributed by atoms with van der Waals surface area (Å²) >= 11 is 0. The van der Waals surface area contributed by atoms with Gasteiger partial charge in [-0.1, -0.05) is 78.2 Å². The largest absolute Gasteiger partial charge is 0.458 e. The van der Waals surface area contributed by atoms with Crippen molar-refractivity contribution in [1.29, 1.82) is 0 Å². The Labute approximate surface area is 237 Å². The summed E-state index contributed by atoms with van der Waals surface area (Å²) in [5.74, 6) is 4.34. The van der Waals surface area contributed by atoms with Gasteiger partial charge in [0.15, 0.2) is 5.78 Å². The first-order valence-corrected chi connectivity index (χ1v) is 16.1. The lowest BCUT2D eigenvalue weighted by Crippen LogP contribution is -2.53. The van der Waals surface area contributed by atoms with E-state index in [-0.39, 0.29) is 23.4 Å². The number of carbonyl (C=O) groups excluding carboxylic acids is 2. The SMILES string of the molecule is CCC(CCC(C)C1CCC2C3C(=O)C=C4CC(OC(=O)c5ccccc5)CCC4(C)C3CCC12C)C(C)C. The van der Waals surface area contributed by atoms with E-state index < -0.39 is 0 Å². The molecule has 0 aromatic heterocycles. The van der Waals surface area contributed by atoms with E-state index in [1.165, 1.54) is 50.5 Å². The molecule has 3 heteroatoms. The summed E-state index contributed by atoms with van der Waals surface area (Å²) < 4.78 is 5.94. The van der Waals surface area contributed by atoms with E-state index in [9.17, 15) is 9.59 Å². The molecule has 9 unspecified atom stereocenters. The molecule has 1 aromatic carbocycles. The summed E-state index contributed by atoms with van der Waals surface area (Å²) in [5, 5.41) is 0. The molecule has 0 radical (unpaired) electrons. The maximum atomic E-state index is 13.9. The zero-order chi connectivity index (χ0) is 27.9. The molecular formula is C36H52O3. The molecule has 0 aliphatic heterocycles. The van der Waals surface area contributed by atoms with Gasteiger partial charge in [-0.05, 0) is 109 Å². The summed E-state index contributed by atoms with van der Waals surface area (Å²) in [4.78, 5) is 26.6. The number of hydrogen-bond acceptors (Lipinski definition) is 3. The van der Waals surface area contributed by atoms with Crippen LogP contribution in [0.1, 0.15) is 116 Å². The molecule has 3 nitrogen and oxygen atoms in total. The fourth-order valence-corrected chi connectivity index (χ4v) is 9.92. The fraction of sp³-hybridized carbons (Fsp3) is 0.722. The highest BCUT2D eigenvalue weighted by atomic mass is 16.5. The molecule has 214 valence electrons. The molecule has 0 spiro atoms. The summed E-state index contributed by atoms with van der Waals surface area (Å²) in [7, 11) is 0. The first-order chi connectivity index (χ1) is 18.6. The lowest BCUT2D eigenvalue weighted by molar-refractivity contribution is -0.135. The van der Waals surface area contributed by atoms with Gasteiger partial charge in [-0.3, -0.25) is 4.79 Å². The second-order valence-electron chi connectivity index (χ2n) is 14.6. The third-order valence-electron chi connectivity index (χ3n) is 12.4. The fourth-order valence-electron chi connectivity index (χ4n) is 9.92. The predicted molar refractivity (Wildman–Crippen MR) is 158 cm³/mol. The van der Waals surface area contributed by atoms with Crippen molar-refractivity contribution in [2.45, 2.75) is 112 Å². The van der Waals surface area contributed by atoms with Crippen molar-refractivity contribution >= 4 is 11.8 Å². The first-order valence-electron chi connectivity index (χ1n) is 16.1. The summed E-state index contributed by atoms with van der Waals surface area (Å²) in [6.07, 6.45) is 13.4. The number of allylic oxidation sites excluding steroid dienone is 1. The van der Waals surface area contributed by atoms with Gasteiger partial charge in [0.2, 0.25) is 0 Å². The van der Waals surface area contributed by atoms with Gasteiger partial charge in [-0.25, -0.2) is 4.79 Å². The number of ether oxygens (including phenoxy) is 1. The topological polar surface area (TPSA) is 43.4 Å². The molecule has 39 heavy (non-hydrogen) atoms. The molecule has 0 heterocycles. The maximum Gasteiger partial charge on any atom is 0.338 e. The third kappa shape index (κ3) is 5.17. The highest BCUT2D eigenvalue weighted by Crippen LogP contribution is 2.66. The Morgan fingerprint density at radius 1 is 0.974 bits per heavy atom. The van der Waals surface area contributed by atoms with Gasteiger partial charge in [-0.2, -0.15) is 0 Å². The Morgan fingerprint density at radius 3 is 2.41 bits per heavy atom. The highest BCUT2D eigenvalue weighted by Gasteiger charge is 2.61. The van der Waals surface area contributed by atoms with Crippen LogP contribution < -0.4 is 0 Å². The van der Waals surface area contributed by atoms with Gasteiger partial charge in [0, 0.05) is 12.3 Å². The van der Waals surface area contributed by atoms with Crippen LogP contribution >= 0.6 is 0 Å². The highest BCUT2D eigenvalue weighted by molar-refractivity contribution is 5.94. The van der Waals surface area contributed by atoms with E-state index in [2.05, 4.69) is 41.5 Å². The second-order valence-corrected chi connectivity index (χ2v) is 14.6. The average molecular weight is 533 g/mol. The molecule has 0 bridgehead atoms. The average Bonchev–Trinajstić information content (AvgIpc) is 3.27. The van der Waals surface area contributed by atoms with Crippen molar-refractivity contribution in [1.82, 2.24) is 0 Å². The lowest BCUT2D eigenvalue weighted by Gasteiger charge is -2.57. The van der Waals surface area contributed by atoms with Crippen molar-refractivity contribution in [3.8, 4) is 0 Å². The Bertz CT molecular complexity index is 1070. The Balaban J connectivity index is 1.29. The molecular weight excluding hydrogens is 480 g/mol. The monoisotopic (exact) mass is 532 g/mol. The van der Waals surface area contributed by atoms with Gasteiger partial charge in [0.25, 0.3) is 0 Å². The van der Waals surface area contributed by atoms with Crippen LogP contribution in [0.4, 0.5) is 0 Å². The van der Waals surface area contributed by atoms with Gasteiger partial charge in [-0.15, -0.1) is 0 Å². The van der Waals surface area contributed by atoms with Crippen molar-refractivity contribution in [2.24, 2.45) is 52.3 Å². The lowest BCUT2D eigenvalue weighted by atomic mass is 9.46. The van der Waals surface area contributed by atoms with E-state index >= 15 is 0 Å². The standard InChI is InChI=1S/C36H52O3/c1-7-25(23(2)3)14-13-24(4)29-15-16-30-33-31(18-20-36(29,30)6)35(5)19-17-28(21-27(35)22-32(33)37)39-34(38)26-11-9-8-10-12-26/h8-12,22-25,28-31,33H,7,13-21H2,1-6H3. The van der Waals surface area contributed by atoms with Crippen LogP contribution in [0.2, 0.25) is 0 Å². The van der Waals surface area contributed by atoms with Gasteiger partial charge < -0.3 is 4.74 Å². The Kier molecular flexibility index (Phi) is 8.20. The number of benzene rings is 1. The van der Waals surface area contributed by atoms with Crippen LogP contribution in [0.25, 0.3) is 0 Å². The van der Waals surface area contributed by atoms with Crippen LogP contribution in [-0.4, -0.2) is 17.9 Å².